The predicted molar refractivity (Wildman–Crippen MR) is 105 cm³/mol. The molecule has 1 aromatic carbocycles. The van der Waals surface area contributed by atoms with E-state index in [0.29, 0.717) is 11.8 Å². The molecular formula is C22H34N2O2. The Morgan fingerprint density at radius 2 is 2.00 bits per heavy atom. The topological polar surface area (TPSA) is 32.8 Å². The van der Waals surface area contributed by atoms with Crippen LogP contribution in [-0.4, -0.2) is 55.5 Å². The molecule has 1 aromatic rings. The highest BCUT2D eigenvalue weighted by molar-refractivity contribution is 5.79. The zero-order chi connectivity index (χ0) is 18.4. The van der Waals surface area contributed by atoms with Crippen molar-refractivity contribution in [3.8, 4) is 5.75 Å². The van der Waals surface area contributed by atoms with E-state index in [0.717, 1.165) is 70.6 Å². The van der Waals surface area contributed by atoms with E-state index in [1.807, 2.05) is 6.07 Å². The fourth-order valence-corrected chi connectivity index (χ4v) is 4.45. The Balaban J connectivity index is 1.48. The fourth-order valence-electron chi connectivity index (χ4n) is 4.45. The van der Waals surface area contributed by atoms with Gasteiger partial charge in [-0.05, 0) is 81.8 Å². The van der Waals surface area contributed by atoms with Gasteiger partial charge in [-0.3, -0.25) is 4.79 Å². The van der Waals surface area contributed by atoms with Crippen LogP contribution in [0.15, 0.2) is 24.3 Å². The summed E-state index contributed by atoms with van der Waals surface area (Å²) in [6.07, 6.45) is 6.71. The first kappa shape index (κ1) is 19.2. The van der Waals surface area contributed by atoms with E-state index in [1.165, 1.54) is 12.0 Å². The summed E-state index contributed by atoms with van der Waals surface area (Å²) in [6, 6.07) is 8.37. The molecule has 4 nitrogen and oxygen atoms in total. The van der Waals surface area contributed by atoms with E-state index in [2.05, 4.69) is 34.9 Å². The molecule has 2 fully saturated rings. The molecule has 1 atom stereocenters. The van der Waals surface area contributed by atoms with Crippen molar-refractivity contribution in [3.63, 3.8) is 0 Å². The van der Waals surface area contributed by atoms with Crippen molar-refractivity contribution in [1.82, 2.24) is 9.80 Å². The smallest absolute Gasteiger partial charge is 0.225 e. The van der Waals surface area contributed by atoms with Gasteiger partial charge >= 0.3 is 0 Å². The normalized spacial score (nSPS) is 22.4. The number of hydrogen-bond donors (Lipinski definition) is 0. The highest BCUT2D eigenvalue weighted by Gasteiger charge is 2.30. The van der Waals surface area contributed by atoms with Crippen LogP contribution in [-0.2, 0) is 11.2 Å². The number of hydrogen-bond acceptors (Lipinski definition) is 3. The number of benzene rings is 1. The van der Waals surface area contributed by atoms with Gasteiger partial charge in [0.2, 0.25) is 5.91 Å². The van der Waals surface area contributed by atoms with E-state index in [1.54, 1.807) is 7.11 Å². The summed E-state index contributed by atoms with van der Waals surface area (Å²) in [5.74, 6) is 2.25. The van der Waals surface area contributed by atoms with Crippen molar-refractivity contribution in [2.45, 2.75) is 45.4 Å². The lowest BCUT2D eigenvalue weighted by molar-refractivity contribution is -0.139. The highest BCUT2D eigenvalue weighted by Crippen LogP contribution is 2.26. The van der Waals surface area contributed by atoms with Gasteiger partial charge in [0.25, 0.3) is 0 Å². The summed E-state index contributed by atoms with van der Waals surface area (Å²) in [7, 11) is 1.72. The molecule has 0 aliphatic carbocycles. The van der Waals surface area contributed by atoms with Crippen molar-refractivity contribution < 1.29 is 9.53 Å². The Hall–Kier alpha value is -1.55. The van der Waals surface area contributed by atoms with Crippen LogP contribution in [0, 0.1) is 11.8 Å². The van der Waals surface area contributed by atoms with Gasteiger partial charge in [0.05, 0.1) is 7.11 Å². The minimum absolute atomic E-state index is 0.259. The van der Waals surface area contributed by atoms with Crippen molar-refractivity contribution >= 4 is 5.91 Å². The molecule has 0 bridgehead atoms. The monoisotopic (exact) mass is 358 g/mol. The van der Waals surface area contributed by atoms with Gasteiger partial charge in [-0.1, -0.05) is 19.1 Å². The zero-order valence-electron chi connectivity index (χ0n) is 16.5. The summed E-state index contributed by atoms with van der Waals surface area (Å²) < 4.78 is 5.32. The maximum absolute atomic E-state index is 12.9. The number of amides is 1. The molecule has 1 unspecified atom stereocenters. The van der Waals surface area contributed by atoms with Gasteiger partial charge in [0.1, 0.15) is 5.75 Å². The van der Waals surface area contributed by atoms with E-state index in [9.17, 15) is 4.79 Å². The SMILES string of the molecule is CCN1CCC(C(=O)N2CCCC(CCc3cccc(OC)c3)C2)CC1. The fraction of sp³-hybridized carbons (Fsp3) is 0.682. The maximum atomic E-state index is 12.9. The van der Waals surface area contributed by atoms with Gasteiger partial charge in [-0.2, -0.15) is 0 Å². The minimum atomic E-state index is 0.259. The van der Waals surface area contributed by atoms with Crippen molar-refractivity contribution in [1.29, 1.82) is 0 Å². The van der Waals surface area contributed by atoms with Crippen LogP contribution in [0.4, 0.5) is 0 Å². The Morgan fingerprint density at radius 3 is 2.73 bits per heavy atom. The molecular weight excluding hydrogens is 324 g/mol. The molecule has 144 valence electrons. The highest BCUT2D eigenvalue weighted by atomic mass is 16.5. The van der Waals surface area contributed by atoms with Gasteiger partial charge in [0, 0.05) is 19.0 Å². The lowest BCUT2D eigenvalue weighted by Gasteiger charge is -2.37. The van der Waals surface area contributed by atoms with Crippen LogP contribution in [0.2, 0.25) is 0 Å². The molecule has 0 N–H and O–H groups in total. The number of carbonyl (C=O) groups excluding carboxylic acids is 1. The first-order valence-electron chi connectivity index (χ1n) is 10.3. The van der Waals surface area contributed by atoms with E-state index < -0.39 is 0 Å². The third kappa shape index (κ3) is 5.00. The second-order valence-corrected chi connectivity index (χ2v) is 7.89. The van der Waals surface area contributed by atoms with Gasteiger partial charge in [-0.25, -0.2) is 0 Å². The molecule has 0 aromatic heterocycles. The van der Waals surface area contributed by atoms with Crippen LogP contribution >= 0.6 is 0 Å². The molecule has 0 spiro atoms. The summed E-state index contributed by atoms with van der Waals surface area (Å²) in [5, 5.41) is 0. The molecule has 2 heterocycles. The molecule has 1 amide bonds. The van der Waals surface area contributed by atoms with Crippen LogP contribution in [0.3, 0.4) is 0 Å². The molecule has 4 heteroatoms. The number of methoxy groups -OCH3 is 1. The number of piperidine rings is 2. The summed E-state index contributed by atoms with van der Waals surface area (Å²) in [6.45, 7) is 7.40. The van der Waals surface area contributed by atoms with Crippen molar-refractivity contribution in [3.05, 3.63) is 29.8 Å². The molecule has 3 rings (SSSR count). The van der Waals surface area contributed by atoms with Crippen molar-refractivity contribution in [2.75, 3.05) is 39.8 Å². The summed E-state index contributed by atoms with van der Waals surface area (Å²) >= 11 is 0. The lowest BCUT2D eigenvalue weighted by Crippen LogP contribution is -2.46. The maximum Gasteiger partial charge on any atom is 0.225 e. The predicted octanol–water partition coefficient (Wildman–Crippen LogP) is 3.60. The van der Waals surface area contributed by atoms with Crippen LogP contribution < -0.4 is 4.74 Å². The lowest BCUT2D eigenvalue weighted by atomic mass is 9.89. The van der Waals surface area contributed by atoms with E-state index in [-0.39, 0.29) is 5.92 Å². The van der Waals surface area contributed by atoms with E-state index in [4.69, 9.17) is 4.74 Å². The molecule has 0 saturated carbocycles. The number of carbonyl (C=O) groups is 1. The third-order valence-corrected chi connectivity index (χ3v) is 6.19. The quantitative estimate of drug-likeness (QED) is 0.779. The van der Waals surface area contributed by atoms with Crippen LogP contribution in [0.1, 0.15) is 44.6 Å². The Morgan fingerprint density at radius 1 is 1.19 bits per heavy atom. The Kier molecular flexibility index (Phi) is 6.95. The second kappa shape index (κ2) is 9.40. The van der Waals surface area contributed by atoms with Crippen LogP contribution in [0.25, 0.3) is 0 Å². The first-order chi connectivity index (χ1) is 12.7. The van der Waals surface area contributed by atoms with Gasteiger partial charge in [-0.15, -0.1) is 0 Å². The van der Waals surface area contributed by atoms with Gasteiger partial charge < -0.3 is 14.5 Å². The third-order valence-electron chi connectivity index (χ3n) is 6.19. The van der Waals surface area contributed by atoms with Crippen LogP contribution in [0.5, 0.6) is 5.75 Å². The Labute approximate surface area is 158 Å². The number of ether oxygens (including phenoxy) is 1. The van der Waals surface area contributed by atoms with E-state index >= 15 is 0 Å². The minimum Gasteiger partial charge on any atom is -0.497 e. The molecule has 26 heavy (non-hydrogen) atoms. The number of nitrogens with zero attached hydrogens (tertiary/aromatic N) is 2. The molecule has 2 aliphatic rings. The zero-order valence-corrected chi connectivity index (χ0v) is 16.5. The number of rotatable bonds is 6. The molecule has 2 saturated heterocycles. The molecule has 2 aliphatic heterocycles. The largest absolute Gasteiger partial charge is 0.497 e. The average molecular weight is 359 g/mol. The number of aryl methyl sites for hydroxylation is 1. The van der Waals surface area contributed by atoms with Gasteiger partial charge in [0.15, 0.2) is 0 Å². The average Bonchev–Trinajstić information content (AvgIpc) is 2.72. The second-order valence-electron chi connectivity index (χ2n) is 7.89. The first-order valence-corrected chi connectivity index (χ1v) is 10.3. The number of likely N-dealkylation sites (tertiary alicyclic amines) is 2. The Bertz CT molecular complexity index is 581. The summed E-state index contributed by atoms with van der Waals surface area (Å²) in [5.41, 5.74) is 1.33. The standard InChI is InChI=1S/C22H34N2O2/c1-3-23-14-11-20(12-15-23)22(25)24-13-5-7-19(17-24)10-9-18-6-4-8-21(16-18)26-2/h4,6,8,16,19-20H,3,5,7,9-15,17H2,1-2H3. The van der Waals surface area contributed by atoms with Crippen molar-refractivity contribution in [2.24, 2.45) is 11.8 Å². The molecule has 0 radical (unpaired) electrons. The summed E-state index contributed by atoms with van der Waals surface area (Å²) in [4.78, 5) is 17.6.